The van der Waals surface area contributed by atoms with Crippen LogP contribution in [-0.2, 0) is 4.79 Å². The number of pyridine rings is 1. The molecule has 1 aromatic heterocycles. The maximum absolute atomic E-state index is 11.0. The molecule has 2 unspecified atom stereocenters. The summed E-state index contributed by atoms with van der Waals surface area (Å²) in [7, 11) is 3.88. The van der Waals surface area contributed by atoms with Crippen molar-refractivity contribution < 1.29 is 4.79 Å². The Morgan fingerprint density at radius 2 is 1.71 bits per heavy atom. The van der Waals surface area contributed by atoms with Crippen LogP contribution >= 0.6 is 0 Å². The maximum atomic E-state index is 11.0. The Morgan fingerprint density at radius 3 is 2.29 bits per heavy atom. The van der Waals surface area contributed by atoms with Crippen molar-refractivity contribution >= 4 is 12.2 Å². The smallest absolute Gasteiger partial charge is 0.209 e. The zero-order valence-corrected chi connectivity index (χ0v) is 14.0. The quantitative estimate of drug-likeness (QED) is 0.642. The molecule has 0 aliphatic heterocycles. The molecule has 1 fully saturated rings. The third kappa shape index (κ3) is 3.41. The number of aromatic nitrogens is 1. The zero-order chi connectivity index (χ0) is 16.9. The van der Waals surface area contributed by atoms with Crippen molar-refractivity contribution in [1.82, 2.24) is 9.88 Å². The first-order chi connectivity index (χ1) is 11.7. The van der Waals surface area contributed by atoms with E-state index in [2.05, 4.69) is 21.7 Å². The van der Waals surface area contributed by atoms with E-state index in [1.165, 1.54) is 0 Å². The minimum atomic E-state index is 0.270. The number of likely N-dealkylation sites (N-methyl/N-ethyl adjacent to an activating group) is 2. The van der Waals surface area contributed by atoms with Gasteiger partial charge in [-0.25, -0.2) is 4.98 Å². The van der Waals surface area contributed by atoms with Crippen LogP contribution < -0.4 is 4.90 Å². The van der Waals surface area contributed by atoms with E-state index in [4.69, 9.17) is 0 Å². The summed E-state index contributed by atoms with van der Waals surface area (Å²) in [6.45, 7) is 0. The lowest BCUT2D eigenvalue weighted by molar-refractivity contribution is -0.120. The minimum Gasteiger partial charge on any atom is -0.355 e. The van der Waals surface area contributed by atoms with Gasteiger partial charge in [0.2, 0.25) is 6.41 Å². The number of nitrogens with zero attached hydrogens (tertiary/aromatic N) is 3. The van der Waals surface area contributed by atoms with Crippen LogP contribution in [0.25, 0.3) is 0 Å². The molecule has 2 aromatic rings. The summed E-state index contributed by atoms with van der Waals surface area (Å²) in [5.41, 5.74) is 1.89. The summed E-state index contributed by atoms with van der Waals surface area (Å²) < 4.78 is 0. The Balaban J connectivity index is 1.68. The standard InChI is InChI=1S/C20H21N3O/c1-22(15-24)18-11-12-19(18)23(2)20-13-10-17(14-21-20)9-8-16-6-4-3-5-7-16/h3-7,10,13-15,18-19H,11-12H2,1-2H3. The molecule has 4 heteroatoms. The summed E-state index contributed by atoms with van der Waals surface area (Å²) >= 11 is 0. The summed E-state index contributed by atoms with van der Waals surface area (Å²) in [5, 5.41) is 0. The van der Waals surface area contributed by atoms with Gasteiger partial charge in [-0.05, 0) is 37.1 Å². The first kappa shape index (κ1) is 16.1. The van der Waals surface area contributed by atoms with E-state index in [1.807, 2.05) is 56.6 Å². The number of benzene rings is 1. The van der Waals surface area contributed by atoms with Gasteiger partial charge in [-0.15, -0.1) is 0 Å². The predicted octanol–water partition coefficient (Wildman–Crippen LogP) is 2.54. The molecule has 0 spiro atoms. The van der Waals surface area contributed by atoms with Crippen LogP contribution in [0.1, 0.15) is 24.0 Å². The maximum Gasteiger partial charge on any atom is 0.209 e. The van der Waals surface area contributed by atoms with E-state index in [0.29, 0.717) is 6.04 Å². The highest BCUT2D eigenvalue weighted by molar-refractivity contribution is 5.50. The van der Waals surface area contributed by atoms with Crippen LogP contribution in [0.2, 0.25) is 0 Å². The van der Waals surface area contributed by atoms with Gasteiger partial charge in [0.25, 0.3) is 0 Å². The van der Waals surface area contributed by atoms with Gasteiger partial charge in [0.05, 0.1) is 12.1 Å². The average Bonchev–Trinajstić information content (AvgIpc) is 2.60. The van der Waals surface area contributed by atoms with E-state index in [-0.39, 0.29) is 6.04 Å². The molecule has 1 aliphatic rings. The second kappa shape index (κ2) is 7.18. The third-order valence-electron chi connectivity index (χ3n) is 4.62. The molecule has 1 aliphatic carbocycles. The Kier molecular flexibility index (Phi) is 4.81. The monoisotopic (exact) mass is 319 g/mol. The largest absolute Gasteiger partial charge is 0.355 e. The number of hydrogen-bond acceptors (Lipinski definition) is 3. The van der Waals surface area contributed by atoms with Crippen molar-refractivity contribution in [3.8, 4) is 11.8 Å². The fraction of sp³-hybridized carbons (Fsp3) is 0.300. The highest BCUT2D eigenvalue weighted by atomic mass is 16.1. The summed E-state index contributed by atoms with van der Waals surface area (Å²) in [5.74, 6) is 7.18. The molecule has 3 rings (SSSR count). The first-order valence-corrected chi connectivity index (χ1v) is 8.12. The summed E-state index contributed by atoms with van der Waals surface area (Å²) in [4.78, 5) is 19.4. The van der Waals surface area contributed by atoms with E-state index in [9.17, 15) is 4.79 Å². The SMILES string of the molecule is CN(C=O)C1CCC1N(C)c1ccc(C#Cc2ccccc2)cn1. The van der Waals surface area contributed by atoms with Crippen LogP contribution in [0, 0.1) is 11.8 Å². The molecule has 24 heavy (non-hydrogen) atoms. The Labute approximate surface area is 143 Å². The van der Waals surface area contributed by atoms with Crippen molar-refractivity contribution in [3.63, 3.8) is 0 Å². The average molecular weight is 319 g/mol. The summed E-state index contributed by atoms with van der Waals surface area (Å²) in [6.07, 6.45) is 4.83. The third-order valence-corrected chi connectivity index (χ3v) is 4.62. The van der Waals surface area contributed by atoms with Crippen molar-refractivity contribution in [2.24, 2.45) is 0 Å². The van der Waals surface area contributed by atoms with Crippen molar-refractivity contribution in [2.45, 2.75) is 24.9 Å². The molecule has 1 saturated carbocycles. The first-order valence-electron chi connectivity index (χ1n) is 8.12. The lowest BCUT2D eigenvalue weighted by Gasteiger charge is -2.46. The second-order valence-electron chi connectivity index (χ2n) is 6.11. The Bertz CT molecular complexity index is 746. The fourth-order valence-electron chi connectivity index (χ4n) is 2.97. The Morgan fingerprint density at radius 1 is 1.00 bits per heavy atom. The van der Waals surface area contributed by atoms with Crippen LogP contribution in [0.4, 0.5) is 5.82 Å². The number of carbonyl (C=O) groups excluding carboxylic acids is 1. The molecule has 4 nitrogen and oxygen atoms in total. The molecule has 1 aromatic carbocycles. The molecule has 122 valence electrons. The predicted molar refractivity (Wildman–Crippen MR) is 95.7 cm³/mol. The molecule has 1 amide bonds. The van der Waals surface area contributed by atoms with Gasteiger partial charge in [-0.3, -0.25) is 4.79 Å². The number of anilines is 1. The van der Waals surface area contributed by atoms with Gasteiger partial charge in [-0.1, -0.05) is 30.0 Å². The normalized spacial score (nSPS) is 18.8. The molecule has 0 N–H and O–H groups in total. The highest BCUT2D eigenvalue weighted by Crippen LogP contribution is 2.30. The lowest BCUT2D eigenvalue weighted by Crippen LogP contribution is -2.56. The van der Waals surface area contributed by atoms with Gasteiger partial charge >= 0.3 is 0 Å². The van der Waals surface area contributed by atoms with Crippen molar-refractivity contribution in [2.75, 3.05) is 19.0 Å². The highest BCUT2D eigenvalue weighted by Gasteiger charge is 2.36. The number of hydrogen-bond donors (Lipinski definition) is 0. The number of rotatable bonds is 4. The van der Waals surface area contributed by atoms with Gasteiger partial charge in [0, 0.05) is 31.4 Å². The van der Waals surface area contributed by atoms with Gasteiger partial charge < -0.3 is 9.80 Å². The van der Waals surface area contributed by atoms with Crippen LogP contribution in [0.3, 0.4) is 0 Å². The molecule has 0 saturated heterocycles. The Hall–Kier alpha value is -2.80. The molecule has 2 atom stereocenters. The van der Waals surface area contributed by atoms with Crippen molar-refractivity contribution in [3.05, 3.63) is 59.8 Å². The zero-order valence-electron chi connectivity index (χ0n) is 14.0. The van der Waals surface area contributed by atoms with Gasteiger partial charge in [0.15, 0.2) is 0 Å². The topological polar surface area (TPSA) is 36.4 Å². The van der Waals surface area contributed by atoms with E-state index in [0.717, 1.165) is 36.2 Å². The van der Waals surface area contributed by atoms with Crippen LogP contribution in [0.5, 0.6) is 0 Å². The number of carbonyl (C=O) groups is 1. The van der Waals surface area contributed by atoms with Crippen molar-refractivity contribution in [1.29, 1.82) is 0 Å². The fourth-order valence-corrected chi connectivity index (χ4v) is 2.97. The van der Waals surface area contributed by atoms with Gasteiger partial charge in [-0.2, -0.15) is 0 Å². The lowest BCUT2D eigenvalue weighted by atomic mass is 9.84. The molecule has 1 heterocycles. The molecular weight excluding hydrogens is 298 g/mol. The molecule has 0 bridgehead atoms. The van der Waals surface area contributed by atoms with E-state index < -0.39 is 0 Å². The molecular formula is C20H21N3O. The summed E-state index contributed by atoms with van der Waals surface area (Å²) in [6, 6.07) is 14.5. The minimum absolute atomic E-state index is 0.270. The second-order valence-corrected chi connectivity index (χ2v) is 6.11. The molecule has 0 radical (unpaired) electrons. The van der Waals surface area contributed by atoms with Crippen LogP contribution in [-0.4, -0.2) is 42.5 Å². The van der Waals surface area contributed by atoms with Gasteiger partial charge in [0.1, 0.15) is 5.82 Å². The number of amides is 1. The van der Waals surface area contributed by atoms with E-state index >= 15 is 0 Å². The van der Waals surface area contributed by atoms with E-state index in [1.54, 1.807) is 11.1 Å². The van der Waals surface area contributed by atoms with Crippen LogP contribution in [0.15, 0.2) is 48.7 Å².